The summed E-state index contributed by atoms with van der Waals surface area (Å²) in [5, 5.41) is 0. The Morgan fingerprint density at radius 3 is 2.38 bits per heavy atom. The van der Waals surface area contributed by atoms with E-state index in [0.29, 0.717) is 22.3 Å². The molecule has 2 aromatic carbocycles. The van der Waals surface area contributed by atoms with Crippen molar-refractivity contribution in [2.45, 2.75) is 13.8 Å². The number of carbonyl (C=O) groups excluding carboxylic acids is 3. The number of benzene rings is 2. The lowest BCUT2D eigenvalue weighted by Gasteiger charge is -2.20. The molecule has 1 heterocycles. The van der Waals surface area contributed by atoms with Gasteiger partial charge in [-0.25, -0.2) is 9.59 Å². The molecular weight excluding hydrogens is 334 g/mol. The van der Waals surface area contributed by atoms with E-state index in [-0.39, 0.29) is 23.6 Å². The zero-order valence-electron chi connectivity index (χ0n) is 14.4. The van der Waals surface area contributed by atoms with Gasteiger partial charge in [0.1, 0.15) is 11.3 Å². The summed E-state index contributed by atoms with van der Waals surface area (Å²) in [4.78, 5) is 36.8. The Kier molecular flexibility index (Phi) is 4.58. The summed E-state index contributed by atoms with van der Waals surface area (Å²) in [5.74, 6) is -1.46. The summed E-state index contributed by atoms with van der Waals surface area (Å²) in [6.45, 7) is 3.74. The Balaban J connectivity index is 2.01. The molecule has 6 nitrogen and oxygen atoms in total. The molecule has 0 fully saturated rings. The fourth-order valence-electron chi connectivity index (χ4n) is 2.71. The van der Waals surface area contributed by atoms with Gasteiger partial charge in [-0.05, 0) is 43.2 Å². The van der Waals surface area contributed by atoms with Crippen molar-refractivity contribution >= 4 is 23.4 Å². The smallest absolute Gasteiger partial charge is 0.349 e. The number of Topliss-reactive ketones (excluding diaryl/α,β-unsaturated/α-hetero) is 1. The van der Waals surface area contributed by atoms with E-state index in [1.807, 2.05) is 0 Å². The Hall–Kier alpha value is -3.41. The number of nitrogens with two attached hydrogens (primary N) is 1. The van der Waals surface area contributed by atoms with Crippen LogP contribution in [0.25, 0.3) is 5.70 Å². The summed E-state index contributed by atoms with van der Waals surface area (Å²) in [6, 6.07) is 11.2. The predicted octanol–water partition coefficient (Wildman–Crippen LogP) is 2.64. The van der Waals surface area contributed by atoms with Crippen LogP contribution in [0.15, 0.2) is 48.0 Å². The predicted molar refractivity (Wildman–Crippen MR) is 94.7 cm³/mol. The normalized spacial score (nSPS) is 15.2. The standard InChI is InChI=1S/C20H17NO5/c1-3-25-19(23)13-9-7-12(8-10-13)16(21)15-17(22)14-6-4-5-11(2)18(14)26-20(15)24/h4-10H,3,21H2,1-2H3/b16-15-. The van der Waals surface area contributed by atoms with Gasteiger partial charge in [-0.1, -0.05) is 24.3 Å². The minimum absolute atomic E-state index is 0.00237. The Bertz CT molecular complexity index is 941. The number of fused-ring (bicyclic) bond motifs is 1. The minimum atomic E-state index is -0.788. The van der Waals surface area contributed by atoms with E-state index in [0.717, 1.165) is 0 Å². The summed E-state index contributed by atoms with van der Waals surface area (Å²) < 4.78 is 10.2. The average molecular weight is 351 g/mol. The van der Waals surface area contributed by atoms with Crippen molar-refractivity contribution in [2.75, 3.05) is 6.61 Å². The highest BCUT2D eigenvalue weighted by Gasteiger charge is 2.34. The molecular formula is C20H17NO5. The van der Waals surface area contributed by atoms with Crippen LogP contribution in [0.3, 0.4) is 0 Å². The zero-order valence-corrected chi connectivity index (χ0v) is 14.4. The highest BCUT2D eigenvalue weighted by Crippen LogP contribution is 2.33. The van der Waals surface area contributed by atoms with Crippen LogP contribution >= 0.6 is 0 Å². The molecule has 1 aliphatic heterocycles. The van der Waals surface area contributed by atoms with E-state index >= 15 is 0 Å². The molecule has 0 radical (unpaired) electrons. The van der Waals surface area contributed by atoms with Crippen molar-refractivity contribution in [1.29, 1.82) is 0 Å². The van der Waals surface area contributed by atoms with Crippen molar-refractivity contribution in [3.63, 3.8) is 0 Å². The average Bonchev–Trinajstić information content (AvgIpc) is 2.63. The number of hydrogen-bond acceptors (Lipinski definition) is 6. The van der Waals surface area contributed by atoms with Gasteiger partial charge in [-0.3, -0.25) is 4.79 Å². The van der Waals surface area contributed by atoms with Crippen molar-refractivity contribution in [2.24, 2.45) is 5.73 Å². The Morgan fingerprint density at radius 1 is 1.08 bits per heavy atom. The van der Waals surface area contributed by atoms with Crippen LogP contribution in [0.1, 0.15) is 38.8 Å². The number of hydrogen-bond donors (Lipinski definition) is 1. The third-order valence-corrected chi connectivity index (χ3v) is 4.06. The van der Waals surface area contributed by atoms with Gasteiger partial charge < -0.3 is 15.2 Å². The maximum atomic E-state index is 12.7. The number of carbonyl (C=O) groups is 3. The molecule has 0 aromatic heterocycles. The fourth-order valence-corrected chi connectivity index (χ4v) is 2.71. The molecule has 0 unspecified atom stereocenters. The molecule has 0 aliphatic carbocycles. The lowest BCUT2D eigenvalue weighted by Crippen LogP contribution is -2.28. The van der Waals surface area contributed by atoms with Crippen molar-refractivity contribution in [1.82, 2.24) is 0 Å². The highest BCUT2D eigenvalue weighted by atomic mass is 16.5. The van der Waals surface area contributed by atoms with Crippen LogP contribution in [-0.4, -0.2) is 24.3 Å². The number of aryl methyl sites for hydroxylation is 1. The second kappa shape index (κ2) is 6.84. The number of para-hydroxylation sites is 1. The largest absolute Gasteiger partial charge is 0.462 e. The first-order valence-corrected chi connectivity index (χ1v) is 8.07. The van der Waals surface area contributed by atoms with Gasteiger partial charge in [-0.2, -0.15) is 0 Å². The monoisotopic (exact) mass is 351 g/mol. The van der Waals surface area contributed by atoms with Gasteiger partial charge >= 0.3 is 11.9 Å². The number of esters is 2. The lowest BCUT2D eigenvalue weighted by atomic mass is 9.94. The number of ether oxygens (including phenoxy) is 2. The van der Waals surface area contributed by atoms with Crippen LogP contribution in [0.2, 0.25) is 0 Å². The SMILES string of the molecule is CCOC(=O)c1ccc(/C(N)=C2/C(=O)Oc3c(C)cccc3C2=O)cc1. The highest BCUT2D eigenvalue weighted by molar-refractivity contribution is 6.31. The van der Waals surface area contributed by atoms with Crippen LogP contribution in [0, 0.1) is 6.92 Å². The molecule has 26 heavy (non-hydrogen) atoms. The molecule has 0 spiro atoms. The molecule has 0 saturated carbocycles. The molecule has 0 amide bonds. The third kappa shape index (κ3) is 2.97. The minimum Gasteiger partial charge on any atom is -0.462 e. The molecule has 6 heteroatoms. The topological polar surface area (TPSA) is 95.7 Å². The molecule has 0 bridgehead atoms. The van der Waals surface area contributed by atoms with Crippen LogP contribution in [0.5, 0.6) is 5.75 Å². The molecule has 0 saturated heterocycles. The first-order chi connectivity index (χ1) is 12.4. The molecule has 2 aromatic rings. The van der Waals surface area contributed by atoms with Gasteiger partial charge in [0.25, 0.3) is 0 Å². The van der Waals surface area contributed by atoms with Gasteiger partial charge in [0, 0.05) is 0 Å². The fraction of sp³-hybridized carbons (Fsp3) is 0.150. The van der Waals surface area contributed by atoms with E-state index in [1.54, 1.807) is 44.2 Å². The molecule has 1 aliphatic rings. The number of ketones is 1. The van der Waals surface area contributed by atoms with Gasteiger partial charge in [0.05, 0.1) is 23.4 Å². The second-order valence-electron chi connectivity index (χ2n) is 5.76. The van der Waals surface area contributed by atoms with E-state index in [9.17, 15) is 14.4 Å². The first-order valence-electron chi connectivity index (χ1n) is 8.07. The van der Waals surface area contributed by atoms with E-state index in [2.05, 4.69) is 0 Å². The summed E-state index contributed by atoms with van der Waals surface area (Å²) in [7, 11) is 0. The third-order valence-electron chi connectivity index (χ3n) is 4.06. The summed E-state index contributed by atoms with van der Waals surface area (Å²) in [6.07, 6.45) is 0. The first kappa shape index (κ1) is 17.4. The maximum absolute atomic E-state index is 12.7. The lowest BCUT2D eigenvalue weighted by molar-refractivity contribution is -0.130. The molecule has 2 N–H and O–H groups in total. The second-order valence-corrected chi connectivity index (χ2v) is 5.76. The van der Waals surface area contributed by atoms with Gasteiger partial charge in [0.2, 0.25) is 5.78 Å². The van der Waals surface area contributed by atoms with Crippen molar-refractivity contribution in [3.05, 3.63) is 70.3 Å². The van der Waals surface area contributed by atoms with Gasteiger partial charge in [0.15, 0.2) is 0 Å². The van der Waals surface area contributed by atoms with Gasteiger partial charge in [-0.15, -0.1) is 0 Å². The van der Waals surface area contributed by atoms with Crippen LogP contribution in [-0.2, 0) is 9.53 Å². The Morgan fingerprint density at radius 2 is 1.73 bits per heavy atom. The summed E-state index contributed by atoms with van der Waals surface area (Å²) >= 11 is 0. The maximum Gasteiger partial charge on any atom is 0.349 e. The molecule has 3 rings (SSSR count). The van der Waals surface area contributed by atoms with E-state index < -0.39 is 17.7 Å². The van der Waals surface area contributed by atoms with E-state index in [4.69, 9.17) is 15.2 Å². The van der Waals surface area contributed by atoms with Crippen LogP contribution < -0.4 is 10.5 Å². The zero-order chi connectivity index (χ0) is 18.8. The van der Waals surface area contributed by atoms with E-state index in [1.165, 1.54) is 12.1 Å². The van der Waals surface area contributed by atoms with Crippen LogP contribution in [0.4, 0.5) is 0 Å². The van der Waals surface area contributed by atoms with Crippen molar-refractivity contribution < 1.29 is 23.9 Å². The molecule has 132 valence electrons. The molecule has 0 atom stereocenters. The number of rotatable bonds is 3. The Labute approximate surface area is 150 Å². The summed E-state index contributed by atoms with van der Waals surface area (Å²) in [5.41, 5.74) is 7.64. The quantitative estimate of drug-likeness (QED) is 0.395. The van der Waals surface area contributed by atoms with Crippen molar-refractivity contribution in [3.8, 4) is 5.75 Å².